The second kappa shape index (κ2) is 9.90. The van der Waals surface area contributed by atoms with E-state index in [2.05, 4.69) is 15.6 Å². The van der Waals surface area contributed by atoms with Crippen LogP contribution in [0.5, 0.6) is 0 Å². The molecule has 2 unspecified atom stereocenters. The summed E-state index contributed by atoms with van der Waals surface area (Å²) in [4.78, 5) is 48.2. The SMILES string of the molecule is CCC(C(=O)NC(CC(=O)O)C(=O)CF)c1ccnn(Cc2c(C)noc2C)c1=O. The van der Waals surface area contributed by atoms with Crippen LogP contribution in [0.25, 0.3) is 0 Å². The number of nitrogens with zero attached hydrogens (tertiary/aromatic N) is 3. The average molecular weight is 422 g/mol. The van der Waals surface area contributed by atoms with Crippen LogP contribution < -0.4 is 10.9 Å². The van der Waals surface area contributed by atoms with E-state index in [0.29, 0.717) is 17.0 Å². The molecule has 0 aliphatic rings. The number of aromatic nitrogens is 3. The second-order valence-electron chi connectivity index (χ2n) is 6.77. The number of Topliss-reactive ketones (excluding diaryl/α,β-unsaturated/α-hetero) is 1. The standard InChI is InChI=1S/C19H23FN4O6/c1-4-12(18(28)22-15(7-17(26)27)16(25)8-20)13-5-6-21-24(19(13)29)9-14-10(2)23-30-11(14)3/h5-6,12,15H,4,7-9H2,1-3H3,(H,22,28)(H,26,27). The fourth-order valence-corrected chi connectivity index (χ4v) is 3.05. The first-order chi connectivity index (χ1) is 14.2. The Balaban J connectivity index is 2.31. The number of carboxylic acid groups (broad SMARTS) is 1. The lowest BCUT2D eigenvalue weighted by Gasteiger charge is -2.20. The van der Waals surface area contributed by atoms with Crippen LogP contribution in [0.1, 0.15) is 48.3 Å². The van der Waals surface area contributed by atoms with Gasteiger partial charge in [0.1, 0.15) is 18.5 Å². The van der Waals surface area contributed by atoms with E-state index in [1.54, 1.807) is 20.8 Å². The fraction of sp³-hybridized carbons (Fsp3) is 0.474. The second-order valence-corrected chi connectivity index (χ2v) is 6.77. The summed E-state index contributed by atoms with van der Waals surface area (Å²) in [5.74, 6) is -3.58. The van der Waals surface area contributed by atoms with Crippen LogP contribution in [0, 0.1) is 13.8 Å². The molecule has 2 aromatic heterocycles. The van der Waals surface area contributed by atoms with E-state index in [-0.39, 0.29) is 18.5 Å². The molecule has 10 nitrogen and oxygen atoms in total. The van der Waals surface area contributed by atoms with Gasteiger partial charge in [0.2, 0.25) is 5.91 Å². The van der Waals surface area contributed by atoms with Crippen molar-refractivity contribution in [3.8, 4) is 0 Å². The molecule has 162 valence electrons. The van der Waals surface area contributed by atoms with Gasteiger partial charge in [0.15, 0.2) is 5.78 Å². The van der Waals surface area contributed by atoms with Crippen molar-refractivity contribution in [3.63, 3.8) is 0 Å². The van der Waals surface area contributed by atoms with Gasteiger partial charge in [-0.3, -0.25) is 19.2 Å². The average Bonchev–Trinajstić information content (AvgIpc) is 3.01. The molecule has 0 saturated carbocycles. The van der Waals surface area contributed by atoms with Gasteiger partial charge in [-0.2, -0.15) is 5.10 Å². The molecular weight excluding hydrogens is 399 g/mol. The van der Waals surface area contributed by atoms with Gasteiger partial charge in [-0.1, -0.05) is 12.1 Å². The van der Waals surface area contributed by atoms with Gasteiger partial charge in [0.05, 0.1) is 24.6 Å². The van der Waals surface area contributed by atoms with Crippen molar-refractivity contribution >= 4 is 17.7 Å². The smallest absolute Gasteiger partial charge is 0.305 e. The molecule has 0 aliphatic heterocycles. The van der Waals surface area contributed by atoms with Crippen LogP contribution in [0.2, 0.25) is 0 Å². The normalized spacial score (nSPS) is 12.9. The Kier molecular flexibility index (Phi) is 7.56. The minimum Gasteiger partial charge on any atom is -0.481 e. The molecule has 2 aromatic rings. The molecule has 0 radical (unpaired) electrons. The number of ketones is 1. The van der Waals surface area contributed by atoms with E-state index in [0.717, 1.165) is 0 Å². The van der Waals surface area contributed by atoms with Crippen LogP contribution in [0.4, 0.5) is 4.39 Å². The molecule has 2 heterocycles. The predicted octanol–water partition coefficient (Wildman–Crippen LogP) is 0.888. The Morgan fingerprint density at radius 2 is 2.03 bits per heavy atom. The van der Waals surface area contributed by atoms with E-state index in [4.69, 9.17) is 9.63 Å². The largest absolute Gasteiger partial charge is 0.481 e. The van der Waals surface area contributed by atoms with E-state index in [1.165, 1.54) is 16.9 Å². The number of alkyl halides is 1. The number of carbonyl (C=O) groups excluding carboxylic acids is 2. The van der Waals surface area contributed by atoms with Crippen LogP contribution in [0.3, 0.4) is 0 Å². The van der Waals surface area contributed by atoms with Gasteiger partial charge >= 0.3 is 5.97 Å². The molecule has 1 amide bonds. The summed E-state index contributed by atoms with van der Waals surface area (Å²) in [5, 5.41) is 19.0. The minimum atomic E-state index is -1.51. The van der Waals surface area contributed by atoms with Crippen molar-refractivity contribution in [3.05, 3.63) is 45.2 Å². The highest BCUT2D eigenvalue weighted by Gasteiger charge is 2.29. The van der Waals surface area contributed by atoms with E-state index >= 15 is 0 Å². The summed E-state index contributed by atoms with van der Waals surface area (Å²) in [6, 6.07) is -0.122. The van der Waals surface area contributed by atoms with Gasteiger partial charge in [0, 0.05) is 17.3 Å². The van der Waals surface area contributed by atoms with E-state index in [9.17, 15) is 23.6 Å². The lowest BCUT2D eigenvalue weighted by molar-refractivity contribution is -0.140. The first kappa shape index (κ1) is 22.9. The number of aryl methyl sites for hydroxylation is 2. The molecule has 30 heavy (non-hydrogen) atoms. The third kappa shape index (κ3) is 5.16. The van der Waals surface area contributed by atoms with Crippen LogP contribution in [-0.2, 0) is 20.9 Å². The van der Waals surface area contributed by atoms with Crippen molar-refractivity contribution in [1.29, 1.82) is 0 Å². The molecule has 0 spiro atoms. The lowest BCUT2D eigenvalue weighted by Crippen LogP contribution is -2.45. The van der Waals surface area contributed by atoms with Gasteiger partial charge in [-0.05, 0) is 26.3 Å². The Morgan fingerprint density at radius 1 is 1.33 bits per heavy atom. The number of carboxylic acids is 1. The Hall–Kier alpha value is -3.37. The van der Waals surface area contributed by atoms with Crippen LogP contribution in [0.15, 0.2) is 21.6 Å². The predicted molar refractivity (Wildman–Crippen MR) is 102 cm³/mol. The number of halogens is 1. The van der Waals surface area contributed by atoms with Crippen LogP contribution in [-0.4, -0.2) is 50.4 Å². The van der Waals surface area contributed by atoms with E-state index < -0.39 is 48.3 Å². The lowest BCUT2D eigenvalue weighted by atomic mass is 9.96. The summed E-state index contributed by atoms with van der Waals surface area (Å²) in [6.07, 6.45) is 0.809. The monoisotopic (exact) mass is 422 g/mol. The molecule has 11 heteroatoms. The molecule has 0 saturated heterocycles. The van der Waals surface area contributed by atoms with Crippen molar-refractivity contribution in [2.24, 2.45) is 0 Å². The summed E-state index contributed by atoms with van der Waals surface area (Å²) in [7, 11) is 0. The number of hydrogen-bond acceptors (Lipinski definition) is 7. The van der Waals surface area contributed by atoms with Gasteiger partial charge in [0.25, 0.3) is 5.56 Å². The highest BCUT2D eigenvalue weighted by molar-refractivity contribution is 5.94. The maximum atomic E-state index is 12.9. The van der Waals surface area contributed by atoms with Crippen molar-refractivity contribution in [2.75, 3.05) is 6.67 Å². The summed E-state index contributed by atoms with van der Waals surface area (Å²) >= 11 is 0. The number of nitrogens with one attached hydrogen (secondary N) is 1. The van der Waals surface area contributed by atoms with Gasteiger partial charge in [-0.25, -0.2) is 9.07 Å². The zero-order valence-corrected chi connectivity index (χ0v) is 16.8. The van der Waals surface area contributed by atoms with Gasteiger partial charge < -0.3 is 14.9 Å². The Morgan fingerprint density at radius 3 is 2.57 bits per heavy atom. The topological polar surface area (TPSA) is 144 Å². The number of aliphatic carboxylic acids is 1. The molecule has 0 bridgehead atoms. The number of carbonyl (C=O) groups is 3. The third-order valence-corrected chi connectivity index (χ3v) is 4.75. The fourth-order valence-electron chi connectivity index (χ4n) is 3.05. The van der Waals surface area contributed by atoms with Crippen LogP contribution >= 0.6 is 0 Å². The molecule has 2 rings (SSSR count). The summed E-state index contributed by atoms with van der Waals surface area (Å²) < 4.78 is 19.0. The molecule has 0 fully saturated rings. The minimum absolute atomic E-state index is 0.0911. The number of rotatable bonds is 10. The van der Waals surface area contributed by atoms with Gasteiger partial charge in [-0.15, -0.1) is 0 Å². The zero-order chi connectivity index (χ0) is 22.4. The Bertz CT molecular complexity index is 980. The first-order valence-electron chi connectivity index (χ1n) is 9.28. The summed E-state index contributed by atoms with van der Waals surface area (Å²) in [6.45, 7) is 3.78. The highest BCUT2D eigenvalue weighted by atomic mass is 19.1. The van der Waals surface area contributed by atoms with Crippen molar-refractivity contribution in [2.45, 2.75) is 52.1 Å². The van der Waals surface area contributed by atoms with Crippen molar-refractivity contribution in [1.82, 2.24) is 20.3 Å². The molecule has 0 aliphatic carbocycles. The summed E-state index contributed by atoms with van der Waals surface area (Å²) in [5.41, 5.74) is 0.900. The third-order valence-electron chi connectivity index (χ3n) is 4.75. The molecule has 2 N–H and O–H groups in total. The molecule has 2 atom stereocenters. The highest BCUT2D eigenvalue weighted by Crippen LogP contribution is 2.18. The van der Waals surface area contributed by atoms with Crippen molar-refractivity contribution < 1.29 is 28.4 Å². The number of hydrogen-bond donors (Lipinski definition) is 2. The first-order valence-corrected chi connectivity index (χ1v) is 9.28. The zero-order valence-electron chi connectivity index (χ0n) is 16.8. The number of amides is 1. The maximum absolute atomic E-state index is 12.9. The Labute approximate surface area is 171 Å². The maximum Gasteiger partial charge on any atom is 0.305 e. The quantitative estimate of drug-likeness (QED) is 0.574. The molecule has 0 aromatic carbocycles. The molecular formula is C19H23FN4O6. The van der Waals surface area contributed by atoms with E-state index in [1.807, 2.05) is 0 Å².